The van der Waals surface area contributed by atoms with Gasteiger partial charge in [-0.05, 0) is 24.5 Å². The van der Waals surface area contributed by atoms with Crippen LogP contribution in [0.3, 0.4) is 0 Å². The summed E-state index contributed by atoms with van der Waals surface area (Å²) in [6.07, 6.45) is 7.94. The van der Waals surface area contributed by atoms with Crippen molar-refractivity contribution in [3.05, 3.63) is 96.1 Å². The number of aliphatic hydroxyl groups excluding tert-OH is 1. The molecule has 2 saturated heterocycles. The number of amides is 3. The maximum absolute atomic E-state index is 14.3. The van der Waals surface area contributed by atoms with Crippen LogP contribution >= 0.6 is 0 Å². The van der Waals surface area contributed by atoms with Gasteiger partial charge in [-0.2, -0.15) is 0 Å². The molecule has 40 heavy (non-hydrogen) atoms. The van der Waals surface area contributed by atoms with Crippen LogP contribution in [-0.2, 0) is 32.2 Å². The minimum atomic E-state index is -1.29. The van der Waals surface area contributed by atoms with Crippen molar-refractivity contribution < 1.29 is 24.2 Å². The van der Waals surface area contributed by atoms with E-state index in [1.54, 1.807) is 14.7 Å². The number of aliphatic hydroxyl groups is 1. The van der Waals surface area contributed by atoms with Crippen LogP contribution in [0.5, 0.6) is 0 Å². The first-order chi connectivity index (χ1) is 19.4. The molecule has 2 aromatic carbocycles. The molecule has 0 radical (unpaired) electrons. The Hall–Kier alpha value is -3.75. The Labute approximate surface area is 234 Å². The lowest BCUT2D eigenvalue weighted by atomic mass is 9.74. The highest BCUT2D eigenvalue weighted by atomic mass is 16.5. The van der Waals surface area contributed by atoms with Gasteiger partial charge in [0.2, 0.25) is 17.7 Å². The van der Waals surface area contributed by atoms with Crippen molar-refractivity contribution in [2.24, 2.45) is 11.8 Å². The molecule has 8 heteroatoms. The molecular formula is C32H35N3O5. The summed E-state index contributed by atoms with van der Waals surface area (Å²) >= 11 is 0. The van der Waals surface area contributed by atoms with Crippen molar-refractivity contribution in [2.75, 3.05) is 26.2 Å². The average Bonchev–Trinajstić information content (AvgIpc) is 3.23. The van der Waals surface area contributed by atoms with Crippen LogP contribution in [0.4, 0.5) is 0 Å². The molecular weight excluding hydrogens is 506 g/mol. The maximum Gasteiger partial charge on any atom is 0.249 e. The van der Waals surface area contributed by atoms with Crippen molar-refractivity contribution >= 4 is 17.7 Å². The molecule has 0 aliphatic carbocycles. The third-order valence-corrected chi connectivity index (χ3v) is 8.71. The summed E-state index contributed by atoms with van der Waals surface area (Å²) < 4.78 is 6.85. The summed E-state index contributed by atoms with van der Waals surface area (Å²) in [7, 11) is 0. The van der Waals surface area contributed by atoms with Gasteiger partial charge in [-0.25, -0.2) is 0 Å². The van der Waals surface area contributed by atoms with E-state index in [2.05, 4.69) is 0 Å². The lowest BCUT2D eigenvalue weighted by molar-refractivity contribution is -0.153. The standard InChI is InChI=1S/C32H35N3O5/c1-31-15-8-17-33(21-23-11-4-2-5-12-23)28(37)25(31)26-29(38)35(19-10-20-36)27-30(39)34(18-9-16-32(26,27)40-31)22-24-13-6-3-7-14-24/h2-9,11-16,25-27,36H,10,17-22H2,1H3/t25-,26+,27?,31+,32+/m1/s1. The van der Waals surface area contributed by atoms with Crippen molar-refractivity contribution in [2.45, 2.75) is 43.7 Å². The van der Waals surface area contributed by atoms with Crippen LogP contribution in [0, 0.1) is 11.8 Å². The molecule has 2 fully saturated rings. The molecule has 4 heterocycles. The molecule has 6 rings (SSSR count). The topological polar surface area (TPSA) is 90.4 Å². The third kappa shape index (κ3) is 4.26. The van der Waals surface area contributed by atoms with Gasteiger partial charge in [-0.1, -0.05) is 85.0 Å². The van der Waals surface area contributed by atoms with Crippen LogP contribution in [-0.4, -0.2) is 81.0 Å². The highest BCUT2D eigenvalue weighted by Gasteiger charge is 2.74. The Morgan fingerprint density at radius 3 is 1.98 bits per heavy atom. The zero-order chi connectivity index (χ0) is 27.9. The van der Waals surface area contributed by atoms with Gasteiger partial charge >= 0.3 is 0 Å². The lowest BCUT2D eigenvalue weighted by Gasteiger charge is -2.37. The second kappa shape index (κ2) is 10.3. The van der Waals surface area contributed by atoms with Crippen LogP contribution in [0.1, 0.15) is 24.5 Å². The summed E-state index contributed by atoms with van der Waals surface area (Å²) in [4.78, 5) is 47.9. The lowest BCUT2D eigenvalue weighted by Crippen LogP contribution is -2.55. The SMILES string of the molecule is C[C@]12C=CCN(Cc3ccccc3)C(=O)[C@H]1[C@H]1C(=O)N(CCCO)C3C(=O)N(Cc4ccccc4)CC=C[C@@]31O2. The molecule has 3 amide bonds. The van der Waals surface area contributed by atoms with E-state index in [4.69, 9.17) is 4.74 Å². The van der Waals surface area contributed by atoms with Crippen molar-refractivity contribution in [3.63, 3.8) is 0 Å². The van der Waals surface area contributed by atoms with E-state index in [1.165, 1.54) is 0 Å². The molecule has 2 aromatic rings. The monoisotopic (exact) mass is 541 g/mol. The first-order valence-corrected chi connectivity index (χ1v) is 14.0. The minimum absolute atomic E-state index is 0.111. The minimum Gasteiger partial charge on any atom is -0.396 e. The maximum atomic E-state index is 14.3. The number of fused-ring (bicyclic) bond motifs is 2. The summed E-state index contributed by atoms with van der Waals surface area (Å²) in [6, 6.07) is 18.6. The number of nitrogens with zero attached hydrogens (tertiary/aromatic N) is 3. The summed E-state index contributed by atoms with van der Waals surface area (Å²) in [6.45, 7) is 3.56. The van der Waals surface area contributed by atoms with Gasteiger partial charge in [-0.3, -0.25) is 14.4 Å². The van der Waals surface area contributed by atoms with E-state index < -0.39 is 29.1 Å². The Morgan fingerprint density at radius 1 is 0.800 bits per heavy atom. The number of carbonyl (C=O) groups excluding carboxylic acids is 3. The fourth-order valence-corrected chi connectivity index (χ4v) is 6.99. The molecule has 1 spiro atoms. The average molecular weight is 542 g/mol. The summed E-state index contributed by atoms with van der Waals surface area (Å²) in [5.41, 5.74) is -0.349. The molecule has 0 bridgehead atoms. The number of carbonyl (C=O) groups is 3. The van der Waals surface area contributed by atoms with Crippen LogP contribution in [0.15, 0.2) is 85.0 Å². The molecule has 4 aliphatic rings. The fraction of sp³-hybridized carbons (Fsp3) is 0.406. The Balaban J connectivity index is 1.39. The third-order valence-electron chi connectivity index (χ3n) is 8.71. The number of hydrogen-bond acceptors (Lipinski definition) is 5. The van der Waals surface area contributed by atoms with Gasteiger partial charge in [0.25, 0.3) is 0 Å². The number of rotatable bonds is 7. The zero-order valence-corrected chi connectivity index (χ0v) is 22.7. The molecule has 0 aromatic heterocycles. The van der Waals surface area contributed by atoms with Gasteiger partial charge in [0.15, 0.2) is 0 Å². The van der Waals surface area contributed by atoms with E-state index in [9.17, 15) is 19.5 Å². The largest absolute Gasteiger partial charge is 0.396 e. The second-order valence-electron chi connectivity index (χ2n) is 11.3. The van der Waals surface area contributed by atoms with Crippen LogP contribution in [0.2, 0.25) is 0 Å². The van der Waals surface area contributed by atoms with E-state index in [-0.39, 0.29) is 30.9 Å². The number of benzene rings is 2. The predicted molar refractivity (Wildman–Crippen MR) is 148 cm³/mol. The van der Waals surface area contributed by atoms with E-state index in [1.807, 2.05) is 91.9 Å². The van der Waals surface area contributed by atoms with E-state index >= 15 is 0 Å². The molecule has 208 valence electrons. The Kier molecular flexibility index (Phi) is 6.84. The Morgan fingerprint density at radius 2 is 1.38 bits per heavy atom. The smallest absolute Gasteiger partial charge is 0.249 e. The van der Waals surface area contributed by atoms with Gasteiger partial charge in [-0.15, -0.1) is 0 Å². The van der Waals surface area contributed by atoms with Crippen molar-refractivity contribution in [3.8, 4) is 0 Å². The predicted octanol–water partition coefficient (Wildman–Crippen LogP) is 2.54. The number of likely N-dealkylation sites (tertiary alicyclic amines) is 1. The Bertz CT molecular complexity index is 1340. The highest BCUT2D eigenvalue weighted by Crippen LogP contribution is 2.57. The highest BCUT2D eigenvalue weighted by molar-refractivity contribution is 6.00. The number of hydrogen-bond donors (Lipinski definition) is 1. The fourth-order valence-electron chi connectivity index (χ4n) is 6.99. The molecule has 0 saturated carbocycles. The van der Waals surface area contributed by atoms with Crippen LogP contribution < -0.4 is 0 Å². The van der Waals surface area contributed by atoms with Crippen LogP contribution in [0.25, 0.3) is 0 Å². The van der Waals surface area contributed by atoms with Crippen molar-refractivity contribution in [1.29, 1.82) is 0 Å². The molecule has 4 aliphatic heterocycles. The second-order valence-corrected chi connectivity index (χ2v) is 11.3. The number of ether oxygens (including phenoxy) is 1. The molecule has 8 nitrogen and oxygen atoms in total. The molecule has 1 unspecified atom stereocenters. The quantitative estimate of drug-likeness (QED) is 0.545. The van der Waals surface area contributed by atoms with Gasteiger partial charge in [0, 0.05) is 39.3 Å². The normalized spacial score (nSPS) is 31.2. The first-order valence-electron chi connectivity index (χ1n) is 14.0. The first kappa shape index (κ1) is 26.5. The zero-order valence-electron chi connectivity index (χ0n) is 22.7. The summed E-state index contributed by atoms with van der Waals surface area (Å²) in [5.74, 6) is -2.27. The van der Waals surface area contributed by atoms with Gasteiger partial charge < -0.3 is 24.5 Å². The molecule has 5 atom stereocenters. The molecule has 1 N–H and O–H groups in total. The summed E-state index contributed by atoms with van der Waals surface area (Å²) in [5, 5.41) is 9.61. The van der Waals surface area contributed by atoms with Crippen molar-refractivity contribution in [1.82, 2.24) is 14.7 Å². The van der Waals surface area contributed by atoms with E-state index in [0.29, 0.717) is 32.6 Å². The van der Waals surface area contributed by atoms with Gasteiger partial charge in [0.05, 0.1) is 17.4 Å². The van der Waals surface area contributed by atoms with E-state index in [0.717, 1.165) is 11.1 Å². The van der Waals surface area contributed by atoms with Gasteiger partial charge in [0.1, 0.15) is 11.6 Å².